The number of hydrogen-bond donors (Lipinski definition) is 3. The van der Waals surface area contributed by atoms with Gasteiger partial charge in [-0.2, -0.15) is 5.10 Å². The second-order valence-electron chi connectivity index (χ2n) is 3.62. The summed E-state index contributed by atoms with van der Waals surface area (Å²) in [4.78, 5) is 4.06. The van der Waals surface area contributed by atoms with Gasteiger partial charge in [0.05, 0.1) is 11.9 Å². The summed E-state index contributed by atoms with van der Waals surface area (Å²) in [6, 6.07) is 3.07. The Morgan fingerprint density at radius 3 is 2.72 bits per heavy atom. The van der Waals surface area contributed by atoms with Gasteiger partial charge in [-0.25, -0.2) is 13.1 Å². The van der Waals surface area contributed by atoms with E-state index in [4.69, 9.17) is 5.73 Å². The monoisotopic (exact) mass is 267 g/mol. The van der Waals surface area contributed by atoms with E-state index in [2.05, 4.69) is 19.9 Å². The molecule has 0 fully saturated rings. The van der Waals surface area contributed by atoms with Crippen LogP contribution in [0.3, 0.4) is 0 Å². The Labute approximate surface area is 104 Å². The first kappa shape index (κ1) is 12.7. The summed E-state index contributed by atoms with van der Waals surface area (Å²) in [5.41, 5.74) is 6.79. The molecule has 2 rings (SSSR count). The molecule has 0 aliphatic carbocycles. The Balaban J connectivity index is 2.09. The average Bonchev–Trinajstić information content (AvgIpc) is 2.90. The largest absolute Gasteiger partial charge is 0.325 e. The van der Waals surface area contributed by atoms with Crippen molar-refractivity contribution >= 4 is 10.0 Å². The Bertz CT molecular complexity index is 592. The van der Waals surface area contributed by atoms with Crippen LogP contribution in [0, 0.1) is 0 Å². The molecular formula is C10H13N5O2S. The van der Waals surface area contributed by atoms with Gasteiger partial charge in [-0.3, -0.25) is 10.1 Å². The first-order valence-corrected chi connectivity index (χ1v) is 6.72. The van der Waals surface area contributed by atoms with Gasteiger partial charge in [0, 0.05) is 31.0 Å². The van der Waals surface area contributed by atoms with Gasteiger partial charge in [0.1, 0.15) is 4.90 Å². The van der Waals surface area contributed by atoms with Gasteiger partial charge < -0.3 is 5.73 Å². The van der Waals surface area contributed by atoms with Crippen LogP contribution in [0.1, 0.15) is 11.3 Å². The summed E-state index contributed by atoms with van der Waals surface area (Å²) < 4.78 is 26.3. The maximum atomic E-state index is 11.9. The van der Waals surface area contributed by atoms with Gasteiger partial charge in [0.25, 0.3) is 0 Å². The number of nitrogens with zero attached hydrogens (tertiary/aromatic N) is 2. The minimum Gasteiger partial charge on any atom is -0.325 e. The van der Waals surface area contributed by atoms with Gasteiger partial charge in [-0.1, -0.05) is 0 Å². The third kappa shape index (κ3) is 2.92. The Kier molecular flexibility index (Phi) is 3.70. The lowest BCUT2D eigenvalue weighted by Crippen LogP contribution is -2.23. The summed E-state index contributed by atoms with van der Waals surface area (Å²) >= 11 is 0. The Morgan fingerprint density at radius 2 is 2.17 bits per heavy atom. The van der Waals surface area contributed by atoms with Crippen molar-refractivity contribution in [2.24, 2.45) is 5.73 Å². The summed E-state index contributed by atoms with van der Waals surface area (Å²) in [5, 5.41) is 6.34. The van der Waals surface area contributed by atoms with Crippen molar-refractivity contribution in [3.05, 3.63) is 42.0 Å². The third-order valence-electron chi connectivity index (χ3n) is 2.34. The smallest absolute Gasteiger partial charge is 0.242 e. The lowest BCUT2D eigenvalue weighted by atomic mass is 10.4. The molecule has 4 N–H and O–H groups in total. The molecule has 18 heavy (non-hydrogen) atoms. The number of pyridine rings is 1. The van der Waals surface area contributed by atoms with E-state index in [9.17, 15) is 8.42 Å². The van der Waals surface area contributed by atoms with E-state index < -0.39 is 10.0 Å². The van der Waals surface area contributed by atoms with E-state index in [1.54, 1.807) is 18.5 Å². The average molecular weight is 267 g/mol. The van der Waals surface area contributed by atoms with Crippen molar-refractivity contribution in [3.63, 3.8) is 0 Å². The highest BCUT2D eigenvalue weighted by Crippen LogP contribution is 2.08. The van der Waals surface area contributed by atoms with Gasteiger partial charge in [0.15, 0.2) is 0 Å². The number of aromatic amines is 1. The van der Waals surface area contributed by atoms with Crippen molar-refractivity contribution in [1.82, 2.24) is 19.9 Å². The van der Waals surface area contributed by atoms with Gasteiger partial charge in [-0.05, 0) is 12.1 Å². The molecule has 0 radical (unpaired) electrons. The predicted octanol–water partition coefficient (Wildman–Crippen LogP) is -0.258. The highest BCUT2D eigenvalue weighted by molar-refractivity contribution is 7.89. The van der Waals surface area contributed by atoms with Crippen LogP contribution in [0.5, 0.6) is 0 Å². The second kappa shape index (κ2) is 5.25. The van der Waals surface area contributed by atoms with Crippen LogP contribution < -0.4 is 10.5 Å². The molecule has 0 aliphatic heterocycles. The molecule has 2 aromatic heterocycles. The van der Waals surface area contributed by atoms with E-state index >= 15 is 0 Å². The molecule has 0 unspecified atom stereocenters. The Morgan fingerprint density at radius 1 is 1.33 bits per heavy atom. The van der Waals surface area contributed by atoms with E-state index in [0.29, 0.717) is 5.69 Å². The zero-order valence-corrected chi connectivity index (χ0v) is 10.3. The van der Waals surface area contributed by atoms with Crippen molar-refractivity contribution in [2.75, 3.05) is 0 Å². The molecule has 8 heteroatoms. The van der Waals surface area contributed by atoms with Gasteiger partial charge in [0.2, 0.25) is 10.0 Å². The quantitative estimate of drug-likeness (QED) is 0.690. The molecule has 2 heterocycles. The maximum Gasteiger partial charge on any atom is 0.242 e. The topological polar surface area (TPSA) is 114 Å². The Hall–Kier alpha value is -1.77. The molecular weight excluding hydrogens is 254 g/mol. The lowest BCUT2D eigenvalue weighted by molar-refractivity contribution is 0.581. The van der Waals surface area contributed by atoms with E-state index in [-0.39, 0.29) is 18.0 Å². The van der Waals surface area contributed by atoms with Crippen LogP contribution in [0.4, 0.5) is 0 Å². The summed E-state index contributed by atoms with van der Waals surface area (Å²) in [6.45, 7) is 0.459. The maximum absolute atomic E-state index is 11.9. The fourth-order valence-electron chi connectivity index (χ4n) is 1.33. The van der Waals surface area contributed by atoms with Crippen LogP contribution in [0.2, 0.25) is 0 Å². The van der Waals surface area contributed by atoms with E-state index in [0.717, 1.165) is 5.56 Å². The fraction of sp³-hybridized carbons (Fsp3) is 0.200. The van der Waals surface area contributed by atoms with Crippen LogP contribution >= 0.6 is 0 Å². The number of aromatic nitrogens is 3. The first-order valence-electron chi connectivity index (χ1n) is 5.24. The predicted molar refractivity (Wildman–Crippen MR) is 64.7 cm³/mol. The molecule has 7 nitrogen and oxygen atoms in total. The number of H-pyrrole nitrogens is 1. The van der Waals surface area contributed by atoms with Crippen molar-refractivity contribution in [3.8, 4) is 0 Å². The van der Waals surface area contributed by atoms with Gasteiger partial charge >= 0.3 is 0 Å². The van der Waals surface area contributed by atoms with E-state index in [1.807, 2.05) is 0 Å². The zero-order valence-electron chi connectivity index (χ0n) is 9.50. The molecule has 0 aromatic carbocycles. The minimum atomic E-state index is -3.56. The molecule has 0 bridgehead atoms. The molecule has 0 amide bonds. The molecule has 96 valence electrons. The summed E-state index contributed by atoms with van der Waals surface area (Å²) in [6.07, 6.45) is 4.47. The molecule has 0 atom stereocenters. The molecule has 0 aliphatic rings. The normalized spacial score (nSPS) is 11.6. The van der Waals surface area contributed by atoms with Crippen LogP contribution in [0.25, 0.3) is 0 Å². The number of hydrogen-bond acceptors (Lipinski definition) is 5. The second-order valence-corrected chi connectivity index (χ2v) is 5.39. The number of nitrogens with one attached hydrogen (secondary N) is 2. The molecule has 2 aromatic rings. The van der Waals surface area contributed by atoms with Gasteiger partial charge in [-0.15, -0.1) is 0 Å². The minimum absolute atomic E-state index is 0.114. The SMILES string of the molecule is NCc1ccc(S(=O)(=O)NCc2cn[nH]c2)cn1. The fourth-order valence-corrected chi connectivity index (χ4v) is 2.29. The van der Waals surface area contributed by atoms with Crippen molar-refractivity contribution < 1.29 is 8.42 Å². The summed E-state index contributed by atoms with van der Waals surface area (Å²) in [5.74, 6) is 0. The first-order chi connectivity index (χ1) is 8.62. The molecule has 0 saturated carbocycles. The molecule has 0 saturated heterocycles. The lowest BCUT2D eigenvalue weighted by Gasteiger charge is -2.05. The van der Waals surface area contributed by atoms with Crippen LogP contribution in [-0.2, 0) is 23.1 Å². The zero-order chi connectivity index (χ0) is 13.0. The van der Waals surface area contributed by atoms with Crippen LogP contribution in [-0.4, -0.2) is 23.6 Å². The highest BCUT2D eigenvalue weighted by Gasteiger charge is 2.14. The van der Waals surface area contributed by atoms with E-state index in [1.165, 1.54) is 12.3 Å². The standard InChI is InChI=1S/C10H13N5O2S/c11-3-9-1-2-10(7-12-9)18(16,17)15-6-8-4-13-14-5-8/h1-2,4-5,7,15H,3,6,11H2,(H,13,14). The number of sulfonamides is 1. The number of nitrogens with two attached hydrogens (primary N) is 1. The van der Waals surface area contributed by atoms with Crippen molar-refractivity contribution in [1.29, 1.82) is 0 Å². The van der Waals surface area contributed by atoms with Crippen LogP contribution in [0.15, 0.2) is 35.6 Å². The van der Waals surface area contributed by atoms with Crippen molar-refractivity contribution in [2.45, 2.75) is 18.0 Å². The molecule has 0 spiro atoms. The highest BCUT2D eigenvalue weighted by atomic mass is 32.2. The third-order valence-corrected chi connectivity index (χ3v) is 3.72. The summed E-state index contributed by atoms with van der Waals surface area (Å²) in [7, 11) is -3.56. The number of rotatable bonds is 5.